The Bertz CT molecular complexity index is 767. The molecule has 0 saturated carbocycles. The van der Waals surface area contributed by atoms with Gasteiger partial charge in [0, 0.05) is 25.1 Å². The first kappa shape index (κ1) is 17.2. The van der Waals surface area contributed by atoms with Crippen molar-refractivity contribution in [3.8, 4) is 0 Å². The molecule has 0 N–H and O–H groups in total. The molecular weight excluding hydrogens is 346 g/mol. The van der Waals surface area contributed by atoms with E-state index < -0.39 is 10.7 Å². The summed E-state index contributed by atoms with van der Waals surface area (Å²) in [5.41, 5.74) is 2.00. The van der Waals surface area contributed by atoms with Gasteiger partial charge in [0.15, 0.2) is 0 Å². The first-order valence-electron chi connectivity index (χ1n) is 8.09. The third kappa shape index (κ3) is 4.24. The standard InChI is InChI=1S/C17H20ClN3O2S/c18-16-14(11-13-7-3-1-4-8-13)17(21-9-5-2-6-10-21)20-15(19-16)12-24(22)23/h1,3-4,7-8,24H,2,5-6,9-12H2. The molecule has 0 unspecified atom stereocenters. The summed E-state index contributed by atoms with van der Waals surface area (Å²) in [6, 6.07) is 10.0. The van der Waals surface area contributed by atoms with Crippen molar-refractivity contribution < 1.29 is 8.42 Å². The number of hydrogen-bond donors (Lipinski definition) is 1. The van der Waals surface area contributed by atoms with Crippen LogP contribution in [0.5, 0.6) is 0 Å². The van der Waals surface area contributed by atoms with E-state index in [-0.39, 0.29) is 11.6 Å². The Labute approximate surface area is 148 Å². The van der Waals surface area contributed by atoms with Crippen LogP contribution in [0.2, 0.25) is 5.15 Å². The fraction of sp³-hybridized carbons (Fsp3) is 0.412. The van der Waals surface area contributed by atoms with E-state index in [0.29, 0.717) is 11.6 Å². The number of rotatable bonds is 5. The van der Waals surface area contributed by atoms with Gasteiger partial charge in [-0.05, 0) is 24.8 Å². The van der Waals surface area contributed by atoms with Crippen LogP contribution >= 0.6 is 11.6 Å². The Morgan fingerprint density at radius 2 is 1.75 bits per heavy atom. The third-order valence-electron chi connectivity index (χ3n) is 4.13. The van der Waals surface area contributed by atoms with Crippen LogP contribution in [-0.2, 0) is 22.9 Å². The number of nitrogens with zero attached hydrogens (tertiary/aromatic N) is 3. The summed E-state index contributed by atoms with van der Waals surface area (Å²) < 4.78 is 22.1. The van der Waals surface area contributed by atoms with Crippen LogP contribution < -0.4 is 4.90 Å². The molecule has 24 heavy (non-hydrogen) atoms. The number of halogens is 1. The maximum Gasteiger partial charge on any atom is 0.147 e. The van der Waals surface area contributed by atoms with Gasteiger partial charge in [0.1, 0.15) is 33.3 Å². The quantitative estimate of drug-likeness (QED) is 0.652. The molecule has 0 radical (unpaired) electrons. The number of aromatic nitrogens is 2. The molecule has 3 rings (SSSR count). The molecule has 2 aromatic rings. The molecular formula is C17H20ClN3O2S. The topological polar surface area (TPSA) is 63.2 Å². The lowest BCUT2D eigenvalue weighted by Gasteiger charge is -2.30. The van der Waals surface area contributed by atoms with Crippen molar-refractivity contribution in [2.24, 2.45) is 0 Å². The number of piperidine rings is 1. The normalized spacial score (nSPS) is 15.0. The van der Waals surface area contributed by atoms with Crippen molar-refractivity contribution in [1.82, 2.24) is 9.97 Å². The summed E-state index contributed by atoms with van der Waals surface area (Å²) in [6.07, 6.45) is 4.06. The van der Waals surface area contributed by atoms with Crippen LogP contribution in [0.3, 0.4) is 0 Å². The number of hydrogen-bond acceptors (Lipinski definition) is 5. The predicted octanol–water partition coefficient (Wildman–Crippen LogP) is 2.82. The van der Waals surface area contributed by atoms with Gasteiger partial charge >= 0.3 is 0 Å². The maximum absolute atomic E-state index is 11.0. The molecule has 0 bridgehead atoms. The number of thiol groups is 1. The van der Waals surface area contributed by atoms with Gasteiger partial charge in [-0.25, -0.2) is 18.4 Å². The molecule has 1 aliphatic rings. The van der Waals surface area contributed by atoms with Gasteiger partial charge in [-0.2, -0.15) is 0 Å². The van der Waals surface area contributed by atoms with Crippen molar-refractivity contribution in [2.75, 3.05) is 18.0 Å². The van der Waals surface area contributed by atoms with Crippen molar-refractivity contribution >= 4 is 28.1 Å². The van der Waals surface area contributed by atoms with Crippen molar-refractivity contribution in [3.63, 3.8) is 0 Å². The van der Waals surface area contributed by atoms with Crippen molar-refractivity contribution in [1.29, 1.82) is 0 Å². The zero-order chi connectivity index (χ0) is 16.9. The Hall–Kier alpha value is -1.66. The average molecular weight is 366 g/mol. The molecule has 0 aliphatic carbocycles. The predicted molar refractivity (Wildman–Crippen MR) is 96.4 cm³/mol. The van der Waals surface area contributed by atoms with Crippen LogP contribution in [0.25, 0.3) is 0 Å². The van der Waals surface area contributed by atoms with E-state index in [4.69, 9.17) is 11.6 Å². The molecule has 7 heteroatoms. The number of benzene rings is 1. The van der Waals surface area contributed by atoms with Crippen LogP contribution in [-0.4, -0.2) is 31.5 Å². The van der Waals surface area contributed by atoms with Crippen molar-refractivity contribution in [3.05, 3.63) is 52.4 Å². The zero-order valence-electron chi connectivity index (χ0n) is 13.3. The summed E-state index contributed by atoms with van der Waals surface area (Å²) in [5, 5.41) is 0.348. The second-order valence-electron chi connectivity index (χ2n) is 5.93. The average Bonchev–Trinajstić information content (AvgIpc) is 2.58. The van der Waals surface area contributed by atoms with Crippen LogP contribution in [0.1, 0.15) is 36.2 Å². The van der Waals surface area contributed by atoms with Crippen LogP contribution in [0, 0.1) is 0 Å². The fourth-order valence-corrected chi connectivity index (χ4v) is 3.61. The van der Waals surface area contributed by atoms with Gasteiger partial charge in [-0.3, -0.25) is 0 Å². The summed E-state index contributed by atoms with van der Waals surface area (Å²) in [7, 11) is -2.58. The lowest BCUT2D eigenvalue weighted by molar-refractivity contribution is 0.570. The Balaban J connectivity index is 2.01. The highest BCUT2D eigenvalue weighted by Crippen LogP contribution is 2.29. The van der Waals surface area contributed by atoms with Gasteiger partial charge < -0.3 is 4.90 Å². The van der Waals surface area contributed by atoms with E-state index in [1.807, 2.05) is 30.3 Å². The van der Waals surface area contributed by atoms with Crippen LogP contribution in [0.4, 0.5) is 5.82 Å². The molecule has 1 aromatic carbocycles. The van der Waals surface area contributed by atoms with Gasteiger partial charge in [0.2, 0.25) is 0 Å². The van der Waals surface area contributed by atoms with Gasteiger partial charge in [-0.15, -0.1) is 0 Å². The fourth-order valence-electron chi connectivity index (χ4n) is 2.99. The molecule has 0 amide bonds. The molecule has 5 nitrogen and oxygen atoms in total. The minimum Gasteiger partial charge on any atom is -0.356 e. The van der Waals surface area contributed by atoms with Crippen LogP contribution in [0.15, 0.2) is 30.3 Å². The van der Waals surface area contributed by atoms with E-state index in [2.05, 4.69) is 14.9 Å². The summed E-state index contributed by atoms with van der Waals surface area (Å²) in [6.45, 7) is 1.83. The van der Waals surface area contributed by atoms with E-state index in [1.54, 1.807) is 0 Å². The van der Waals surface area contributed by atoms with E-state index >= 15 is 0 Å². The molecule has 1 saturated heterocycles. The lowest BCUT2D eigenvalue weighted by atomic mass is 10.1. The molecule has 1 aliphatic heterocycles. The zero-order valence-corrected chi connectivity index (χ0v) is 15.0. The highest BCUT2D eigenvalue weighted by molar-refractivity contribution is 7.71. The van der Waals surface area contributed by atoms with Crippen molar-refractivity contribution in [2.45, 2.75) is 31.4 Å². The smallest absolute Gasteiger partial charge is 0.147 e. The minimum atomic E-state index is -2.58. The monoisotopic (exact) mass is 365 g/mol. The molecule has 1 aromatic heterocycles. The number of anilines is 1. The second-order valence-corrected chi connectivity index (χ2v) is 7.27. The molecule has 0 atom stereocenters. The van der Waals surface area contributed by atoms with E-state index in [0.717, 1.165) is 42.9 Å². The minimum absolute atomic E-state index is 0.179. The SMILES string of the molecule is O=[SH](=O)Cc1nc(Cl)c(Cc2ccccc2)c(N2CCCCC2)n1. The molecule has 1 fully saturated rings. The highest BCUT2D eigenvalue weighted by atomic mass is 35.5. The maximum atomic E-state index is 11.0. The molecule has 0 spiro atoms. The van der Waals surface area contributed by atoms with E-state index in [1.165, 1.54) is 6.42 Å². The van der Waals surface area contributed by atoms with Gasteiger partial charge in [-0.1, -0.05) is 41.9 Å². The Kier molecular flexibility index (Phi) is 5.68. The van der Waals surface area contributed by atoms with Gasteiger partial charge in [0.25, 0.3) is 0 Å². The third-order valence-corrected chi connectivity index (χ3v) is 4.98. The molecule has 2 heterocycles. The first-order chi connectivity index (χ1) is 11.6. The summed E-state index contributed by atoms with van der Waals surface area (Å²) in [4.78, 5) is 11.0. The molecule has 128 valence electrons. The summed E-state index contributed by atoms with van der Waals surface area (Å²) in [5.74, 6) is 0.875. The van der Waals surface area contributed by atoms with Gasteiger partial charge in [0.05, 0.1) is 0 Å². The Morgan fingerprint density at radius 3 is 2.42 bits per heavy atom. The van der Waals surface area contributed by atoms with E-state index in [9.17, 15) is 8.42 Å². The first-order valence-corrected chi connectivity index (χ1v) is 9.83. The lowest BCUT2D eigenvalue weighted by Crippen LogP contribution is -2.31. The summed E-state index contributed by atoms with van der Waals surface area (Å²) >= 11 is 6.41. The largest absolute Gasteiger partial charge is 0.356 e. The highest BCUT2D eigenvalue weighted by Gasteiger charge is 2.21. The Morgan fingerprint density at radius 1 is 1.04 bits per heavy atom. The second kappa shape index (κ2) is 7.94.